The summed E-state index contributed by atoms with van der Waals surface area (Å²) in [7, 11) is 0. The quantitative estimate of drug-likeness (QED) is 0.673. The molecule has 0 spiro atoms. The second kappa shape index (κ2) is 3.59. The molecule has 0 radical (unpaired) electrons. The number of nitrogens with zero attached hydrogens (tertiary/aromatic N) is 1. The normalized spacial score (nSPS) is 15.7. The first-order valence-corrected chi connectivity index (χ1v) is 5.14. The molecule has 0 N–H and O–H groups in total. The van der Waals surface area contributed by atoms with Gasteiger partial charge in [0, 0.05) is 11.6 Å². The topological polar surface area (TPSA) is 37.4 Å². The van der Waals surface area contributed by atoms with Gasteiger partial charge in [-0.05, 0) is 38.0 Å². The fourth-order valence-corrected chi connectivity index (χ4v) is 1.78. The first kappa shape index (κ1) is 10.6. The molecular weight excluding hydrogens is 202 g/mol. The highest BCUT2D eigenvalue weighted by atomic mass is 16.2. The van der Waals surface area contributed by atoms with Gasteiger partial charge in [0.25, 0.3) is 11.8 Å². The van der Waals surface area contributed by atoms with Crippen molar-refractivity contribution in [1.82, 2.24) is 0 Å². The van der Waals surface area contributed by atoms with Crippen molar-refractivity contribution in [3.8, 4) is 0 Å². The second-order valence-corrected chi connectivity index (χ2v) is 4.10. The van der Waals surface area contributed by atoms with E-state index in [2.05, 4.69) is 0 Å². The van der Waals surface area contributed by atoms with E-state index in [0.717, 1.165) is 11.1 Å². The molecule has 0 unspecified atom stereocenters. The van der Waals surface area contributed by atoms with Crippen LogP contribution in [0.5, 0.6) is 0 Å². The number of hydrogen-bond acceptors (Lipinski definition) is 2. The zero-order valence-electron chi connectivity index (χ0n) is 9.57. The van der Waals surface area contributed by atoms with Gasteiger partial charge in [0.15, 0.2) is 0 Å². The average molecular weight is 215 g/mol. The molecule has 1 aromatic carbocycles. The van der Waals surface area contributed by atoms with Crippen LogP contribution in [-0.4, -0.2) is 11.8 Å². The number of carbonyl (C=O) groups excluding carboxylic acids is 2. The van der Waals surface area contributed by atoms with Gasteiger partial charge < -0.3 is 0 Å². The Bertz CT molecular complexity index is 515. The SMILES string of the molecule is CC1=CC(=O)N(c2cc(C)ccc2C)C1=O. The van der Waals surface area contributed by atoms with Crippen LogP contribution in [0.4, 0.5) is 5.69 Å². The Morgan fingerprint density at radius 2 is 1.75 bits per heavy atom. The standard InChI is InChI=1S/C13H13NO2/c1-8-4-5-9(2)11(6-8)14-12(15)7-10(3)13(14)16/h4-7H,1-3H3. The summed E-state index contributed by atoms with van der Waals surface area (Å²) in [4.78, 5) is 24.7. The van der Waals surface area contributed by atoms with E-state index in [9.17, 15) is 9.59 Å². The monoisotopic (exact) mass is 215 g/mol. The number of amides is 2. The summed E-state index contributed by atoms with van der Waals surface area (Å²) >= 11 is 0. The van der Waals surface area contributed by atoms with Gasteiger partial charge in [-0.15, -0.1) is 0 Å². The molecule has 2 rings (SSSR count). The number of benzene rings is 1. The van der Waals surface area contributed by atoms with Crippen LogP contribution in [0.15, 0.2) is 29.8 Å². The third-order valence-electron chi connectivity index (χ3n) is 2.71. The van der Waals surface area contributed by atoms with E-state index in [4.69, 9.17) is 0 Å². The summed E-state index contributed by atoms with van der Waals surface area (Å²) in [6.07, 6.45) is 1.38. The lowest BCUT2D eigenvalue weighted by molar-refractivity contribution is -0.120. The van der Waals surface area contributed by atoms with Crippen molar-refractivity contribution in [2.75, 3.05) is 4.90 Å². The van der Waals surface area contributed by atoms with Crippen molar-refractivity contribution in [3.05, 3.63) is 41.0 Å². The molecule has 0 atom stereocenters. The molecular formula is C13H13NO2. The van der Waals surface area contributed by atoms with Gasteiger partial charge >= 0.3 is 0 Å². The molecule has 0 fully saturated rings. The Morgan fingerprint density at radius 1 is 1.06 bits per heavy atom. The summed E-state index contributed by atoms with van der Waals surface area (Å²) in [6, 6.07) is 5.74. The molecule has 0 saturated heterocycles. The number of carbonyl (C=O) groups is 2. The Balaban J connectivity index is 2.50. The van der Waals surface area contributed by atoms with Crippen LogP contribution in [0.2, 0.25) is 0 Å². The Morgan fingerprint density at radius 3 is 2.31 bits per heavy atom. The fourth-order valence-electron chi connectivity index (χ4n) is 1.78. The molecule has 0 bridgehead atoms. The van der Waals surface area contributed by atoms with Gasteiger partial charge in [-0.2, -0.15) is 0 Å². The summed E-state index contributed by atoms with van der Waals surface area (Å²) < 4.78 is 0. The molecule has 3 nitrogen and oxygen atoms in total. The van der Waals surface area contributed by atoms with Crippen LogP contribution in [0.25, 0.3) is 0 Å². The van der Waals surface area contributed by atoms with Gasteiger partial charge in [-0.3, -0.25) is 9.59 Å². The Hall–Kier alpha value is -1.90. The summed E-state index contributed by atoms with van der Waals surface area (Å²) in [5, 5.41) is 0. The van der Waals surface area contributed by atoms with E-state index < -0.39 is 0 Å². The van der Waals surface area contributed by atoms with Crippen LogP contribution in [-0.2, 0) is 9.59 Å². The molecule has 1 aliphatic heterocycles. The van der Waals surface area contributed by atoms with Gasteiger partial charge in [0.05, 0.1) is 5.69 Å². The minimum atomic E-state index is -0.254. The smallest absolute Gasteiger partial charge is 0.261 e. The predicted octanol–water partition coefficient (Wildman–Crippen LogP) is 2.12. The van der Waals surface area contributed by atoms with Crippen molar-refractivity contribution in [2.45, 2.75) is 20.8 Å². The molecule has 16 heavy (non-hydrogen) atoms. The van der Waals surface area contributed by atoms with Crippen molar-refractivity contribution in [2.24, 2.45) is 0 Å². The lowest BCUT2D eigenvalue weighted by Crippen LogP contribution is -2.31. The van der Waals surface area contributed by atoms with Crippen LogP contribution in [0, 0.1) is 13.8 Å². The van der Waals surface area contributed by atoms with Gasteiger partial charge in [0.2, 0.25) is 0 Å². The van der Waals surface area contributed by atoms with Crippen molar-refractivity contribution < 1.29 is 9.59 Å². The van der Waals surface area contributed by atoms with E-state index in [1.807, 2.05) is 32.0 Å². The molecule has 1 aromatic rings. The first-order valence-electron chi connectivity index (χ1n) is 5.14. The highest BCUT2D eigenvalue weighted by molar-refractivity contribution is 6.30. The van der Waals surface area contributed by atoms with Crippen molar-refractivity contribution >= 4 is 17.5 Å². The predicted molar refractivity (Wildman–Crippen MR) is 62.2 cm³/mol. The molecule has 1 aliphatic rings. The Labute approximate surface area is 94.4 Å². The maximum atomic E-state index is 11.8. The highest BCUT2D eigenvalue weighted by Gasteiger charge is 2.30. The summed E-state index contributed by atoms with van der Waals surface area (Å²) in [5.74, 6) is -0.477. The summed E-state index contributed by atoms with van der Waals surface area (Å²) in [5.41, 5.74) is 3.13. The number of aryl methyl sites for hydroxylation is 2. The number of hydrogen-bond donors (Lipinski definition) is 0. The fraction of sp³-hybridized carbons (Fsp3) is 0.231. The molecule has 0 aliphatic carbocycles. The van der Waals surface area contributed by atoms with E-state index >= 15 is 0 Å². The molecule has 0 aromatic heterocycles. The van der Waals surface area contributed by atoms with Gasteiger partial charge in [-0.1, -0.05) is 12.1 Å². The summed E-state index contributed by atoms with van der Waals surface area (Å²) in [6.45, 7) is 5.49. The number of rotatable bonds is 1. The lowest BCUT2D eigenvalue weighted by Gasteiger charge is -2.17. The number of imide groups is 1. The zero-order valence-corrected chi connectivity index (χ0v) is 9.57. The van der Waals surface area contributed by atoms with Crippen LogP contribution in [0.3, 0.4) is 0 Å². The van der Waals surface area contributed by atoms with Gasteiger partial charge in [-0.25, -0.2) is 4.90 Å². The number of anilines is 1. The van der Waals surface area contributed by atoms with Crippen LogP contribution < -0.4 is 4.90 Å². The highest BCUT2D eigenvalue weighted by Crippen LogP contribution is 2.26. The van der Waals surface area contributed by atoms with Crippen molar-refractivity contribution in [1.29, 1.82) is 0 Å². The lowest BCUT2D eigenvalue weighted by atomic mass is 10.1. The van der Waals surface area contributed by atoms with E-state index in [0.29, 0.717) is 11.3 Å². The van der Waals surface area contributed by atoms with Gasteiger partial charge in [0.1, 0.15) is 0 Å². The third kappa shape index (κ3) is 1.54. The first-order chi connectivity index (χ1) is 7.50. The Kier molecular flexibility index (Phi) is 2.38. The minimum absolute atomic E-state index is 0.223. The van der Waals surface area contributed by atoms with E-state index in [1.165, 1.54) is 11.0 Å². The molecule has 3 heteroatoms. The van der Waals surface area contributed by atoms with Crippen LogP contribution in [0.1, 0.15) is 18.1 Å². The maximum Gasteiger partial charge on any atom is 0.261 e. The maximum absolute atomic E-state index is 11.8. The van der Waals surface area contributed by atoms with E-state index in [1.54, 1.807) is 6.92 Å². The van der Waals surface area contributed by atoms with Crippen LogP contribution >= 0.6 is 0 Å². The van der Waals surface area contributed by atoms with E-state index in [-0.39, 0.29) is 11.8 Å². The molecule has 2 amide bonds. The molecule has 1 heterocycles. The minimum Gasteiger partial charge on any atom is -0.269 e. The molecule has 82 valence electrons. The van der Waals surface area contributed by atoms with Crippen molar-refractivity contribution in [3.63, 3.8) is 0 Å². The average Bonchev–Trinajstić information content (AvgIpc) is 2.46. The zero-order chi connectivity index (χ0) is 11.9. The third-order valence-corrected chi connectivity index (χ3v) is 2.71. The second-order valence-electron chi connectivity index (χ2n) is 4.10. The largest absolute Gasteiger partial charge is 0.269 e. The molecule has 0 saturated carbocycles.